The Labute approximate surface area is 145 Å². The number of nitrogens with zero attached hydrogens (tertiary/aromatic N) is 2. The first kappa shape index (κ1) is 18.9. The van der Waals surface area contributed by atoms with Gasteiger partial charge in [0.15, 0.2) is 0 Å². The molecule has 2 rings (SSSR count). The second kappa shape index (κ2) is 9.77. The van der Waals surface area contributed by atoms with E-state index in [0.717, 1.165) is 25.6 Å². The maximum Gasteiger partial charge on any atom is 0.234 e. The number of carbonyl (C=O) groups is 1. The van der Waals surface area contributed by atoms with Gasteiger partial charge in [0.2, 0.25) is 5.91 Å². The average molecular weight is 333 g/mol. The highest BCUT2D eigenvalue weighted by Crippen LogP contribution is 2.15. The predicted octanol–water partition coefficient (Wildman–Crippen LogP) is 1.33. The Bertz CT molecular complexity index is 487. The number of aliphatic hydroxyl groups is 1. The van der Waals surface area contributed by atoms with Crippen LogP contribution in [0.4, 0.5) is 0 Å². The number of likely N-dealkylation sites (tertiary alicyclic amines) is 1. The molecule has 134 valence electrons. The lowest BCUT2D eigenvalue weighted by molar-refractivity contribution is -0.122. The molecule has 1 aliphatic rings. The zero-order chi connectivity index (χ0) is 17.4. The molecule has 1 aliphatic heterocycles. The minimum Gasteiger partial charge on any atom is -0.390 e. The van der Waals surface area contributed by atoms with Crippen LogP contribution in [0, 0.1) is 5.92 Å². The lowest BCUT2D eigenvalue weighted by atomic mass is 9.99. The second-order valence-corrected chi connectivity index (χ2v) is 7.10. The van der Waals surface area contributed by atoms with Crippen LogP contribution in [0.5, 0.6) is 0 Å². The standard InChI is InChI=1S/C19H31N3O2/c1-16-8-10-22(11-9-16)14-18(23)12-20-19(24)15-21(2)13-17-6-4-3-5-7-17/h3-7,16,18,23H,8-15H2,1-2H3,(H,20,24). The Balaban J connectivity index is 1.61. The average Bonchev–Trinajstić information content (AvgIpc) is 2.56. The molecule has 0 saturated carbocycles. The van der Waals surface area contributed by atoms with Crippen LogP contribution in [-0.4, -0.2) is 66.7 Å². The predicted molar refractivity (Wildman–Crippen MR) is 96.6 cm³/mol. The molecular weight excluding hydrogens is 302 g/mol. The molecule has 0 radical (unpaired) electrons. The number of β-amino-alcohol motifs (C(OH)–C–C–N with tert-alkyl or cyclic N) is 1. The minimum atomic E-state index is -0.498. The summed E-state index contributed by atoms with van der Waals surface area (Å²) in [5.41, 5.74) is 1.19. The summed E-state index contributed by atoms with van der Waals surface area (Å²) in [6.45, 7) is 6.42. The minimum absolute atomic E-state index is 0.0419. The van der Waals surface area contributed by atoms with Gasteiger partial charge in [0.1, 0.15) is 0 Å². The fourth-order valence-corrected chi connectivity index (χ4v) is 3.09. The van der Waals surface area contributed by atoms with Crippen molar-refractivity contribution in [2.45, 2.75) is 32.4 Å². The maximum absolute atomic E-state index is 12.0. The highest BCUT2D eigenvalue weighted by atomic mass is 16.3. The molecule has 1 unspecified atom stereocenters. The monoisotopic (exact) mass is 333 g/mol. The fourth-order valence-electron chi connectivity index (χ4n) is 3.09. The molecule has 0 aromatic heterocycles. The van der Waals surface area contributed by atoms with E-state index < -0.39 is 6.10 Å². The van der Waals surface area contributed by atoms with E-state index in [0.29, 0.717) is 19.6 Å². The van der Waals surface area contributed by atoms with Crippen LogP contribution in [0.1, 0.15) is 25.3 Å². The van der Waals surface area contributed by atoms with Crippen molar-refractivity contribution in [3.63, 3.8) is 0 Å². The highest BCUT2D eigenvalue weighted by molar-refractivity contribution is 5.77. The molecule has 0 bridgehead atoms. The summed E-state index contributed by atoms with van der Waals surface area (Å²) in [6, 6.07) is 10.1. The number of nitrogens with one attached hydrogen (secondary N) is 1. The molecule has 1 aromatic carbocycles. The Morgan fingerprint density at radius 2 is 2.00 bits per heavy atom. The number of amides is 1. The van der Waals surface area contributed by atoms with Crippen LogP contribution < -0.4 is 5.32 Å². The highest BCUT2D eigenvalue weighted by Gasteiger charge is 2.18. The number of hydrogen-bond acceptors (Lipinski definition) is 4. The van der Waals surface area contributed by atoms with E-state index in [2.05, 4.69) is 29.3 Å². The topological polar surface area (TPSA) is 55.8 Å². The van der Waals surface area contributed by atoms with Crippen molar-refractivity contribution < 1.29 is 9.90 Å². The number of rotatable bonds is 8. The summed E-state index contributed by atoms with van der Waals surface area (Å²) >= 11 is 0. The van der Waals surface area contributed by atoms with E-state index in [4.69, 9.17) is 0 Å². The lowest BCUT2D eigenvalue weighted by Gasteiger charge is -2.31. The number of benzene rings is 1. The van der Waals surface area contributed by atoms with Gasteiger partial charge in [-0.15, -0.1) is 0 Å². The van der Waals surface area contributed by atoms with Gasteiger partial charge in [0.05, 0.1) is 12.6 Å². The Morgan fingerprint density at radius 1 is 1.33 bits per heavy atom. The van der Waals surface area contributed by atoms with Gasteiger partial charge in [0, 0.05) is 19.6 Å². The molecule has 1 heterocycles. The lowest BCUT2D eigenvalue weighted by Crippen LogP contribution is -2.44. The first-order valence-electron chi connectivity index (χ1n) is 8.92. The van der Waals surface area contributed by atoms with Crippen LogP contribution in [0.15, 0.2) is 30.3 Å². The SMILES string of the molecule is CC1CCN(CC(O)CNC(=O)CN(C)Cc2ccccc2)CC1. The van der Waals surface area contributed by atoms with Crippen molar-refractivity contribution >= 4 is 5.91 Å². The summed E-state index contributed by atoms with van der Waals surface area (Å²) in [7, 11) is 1.93. The molecule has 1 atom stereocenters. The van der Waals surface area contributed by atoms with Gasteiger partial charge in [-0.3, -0.25) is 9.69 Å². The van der Waals surface area contributed by atoms with Crippen LogP contribution in [-0.2, 0) is 11.3 Å². The maximum atomic E-state index is 12.0. The second-order valence-electron chi connectivity index (χ2n) is 7.10. The summed E-state index contributed by atoms with van der Waals surface area (Å²) in [4.78, 5) is 16.3. The number of hydrogen-bond donors (Lipinski definition) is 2. The number of likely N-dealkylation sites (N-methyl/N-ethyl adjacent to an activating group) is 1. The van der Waals surface area contributed by atoms with E-state index in [9.17, 15) is 9.90 Å². The molecule has 24 heavy (non-hydrogen) atoms. The van der Waals surface area contributed by atoms with Crippen LogP contribution in [0.2, 0.25) is 0 Å². The number of carbonyl (C=O) groups excluding carboxylic acids is 1. The van der Waals surface area contributed by atoms with Gasteiger partial charge in [-0.25, -0.2) is 0 Å². The first-order chi connectivity index (χ1) is 11.5. The third-order valence-corrected chi connectivity index (χ3v) is 4.59. The van der Waals surface area contributed by atoms with Gasteiger partial charge in [-0.2, -0.15) is 0 Å². The number of piperidine rings is 1. The third kappa shape index (κ3) is 6.99. The smallest absolute Gasteiger partial charge is 0.234 e. The molecule has 1 saturated heterocycles. The quantitative estimate of drug-likeness (QED) is 0.754. The fraction of sp³-hybridized carbons (Fsp3) is 0.632. The van der Waals surface area contributed by atoms with E-state index in [1.807, 2.05) is 30.1 Å². The van der Waals surface area contributed by atoms with Crippen molar-refractivity contribution in [3.8, 4) is 0 Å². The molecular formula is C19H31N3O2. The van der Waals surface area contributed by atoms with E-state index >= 15 is 0 Å². The Kier molecular flexibility index (Phi) is 7.69. The molecule has 0 spiro atoms. The van der Waals surface area contributed by atoms with E-state index in [1.54, 1.807) is 0 Å². The van der Waals surface area contributed by atoms with Gasteiger partial charge >= 0.3 is 0 Å². The van der Waals surface area contributed by atoms with Crippen molar-refractivity contribution in [3.05, 3.63) is 35.9 Å². The van der Waals surface area contributed by atoms with Crippen LogP contribution in [0.3, 0.4) is 0 Å². The van der Waals surface area contributed by atoms with Crippen molar-refractivity contribution in [1.82, 2.24) is 15.1 Å². The third-order valence-electron chi connectivity index (χ3n) is 4.59. The molecule has 5 heteroatoms. The van der Waals surface area contributed by atoms with Crippen LogP contribution in [0.25, 0.3) is 0 Å². The van der Waals surface area contributed by atoms with E-state index in [-0.39, 0.29) is 5.91 Å². The van der Waals surface area contributed by atoms with E-state index in [1.165, 1.54) is 18.4 Å². The molecule has 1 amide bonds. The molecule has 1 fully saturated rings. The summed E-state index contributed by atoms with van der Waals surface area (Å²) in [6.07, 6.45) is 1.90. The van der Waals surface area contributed by atoms with Gasteiger partial charge in [0.25, 0.3) is 0 Å². The molecule has 1 aromatic rings. The number of aliphatic hydroxyl groups excluding tert-OH is 1. The van der Waals surface area contributed by atoms with Gasteiger partial charge in [-0.1, -0.05) is 37.3 Å². The van der Waals surface area contributed by atoms with Crippen molar-refractivity contribution in [1.29, 1.82) is 0 Å². The molecule has 5 nitrogen and oxygen atoms in total. The molecule has 0 aliphatic carbocycles. The zero-order valence-electron chi connectivity index (χ0n) is 14.9. The van der Waals surface area contributed by atoms with Crippen molar-refractivity contribution in [2.75, 3.05) is 39.8 Å². The normalized spacial score (nSPS) is 17.8. The Morgan fingerprint density at radius 3 is 2.67 bits per heavy atom. The largest absolute Gasteiger partial charge is 0.390 e. The summed E-state index contributed by atoms with van der Waals surface area (Å²) in [5.74, 6) is 0.748. The van der Waals surface area contributed by atoms with Gasteiger partial charge in [-0.05, 0) is 44.5 Å². The summed E-state index contributed by atoms with van der Waals surface area (Å²) < 4.78 is 0. The molecule has 2 N–H and O–H groups in total. The zero-order valence-corrected chi connectivity index (χ0v) is 14.9. The Hall–Kier alpha value is -1.43. The van der Waals surface area contributed by atoms with Crippen LogP contribution >= 0.6 is 0 Å². The summed E-state index contributed by atoms with van der Waals surface area (Å²) in [5, 5.41) is 13.0. The van der Waals surface area contributed by atoms with Gasteiger partial charge < -0.3 is 15.3 Å². The first-order valence-corrected chi connectivity index (χ1v) is 8.92. The van der Waals surface area contributed by atoms with Crippen molar-refractivity contribution in [2.24, 2.45) is 5.92 Å².